The number of rotatable bonds is 2. The van der Waals surface area contributed by atoms with Crippen LogP contribution in [0.4, 0.5) is 19.0 Å². The van der Waals surface area contributed by atoms with Crippen LogP contribution in [-0.2, 0) is 6.18 Å². The predicted molar refractivity (Wildman–Crippen MR) is 105 cm³/mol. The van der Waals surface area contributed by atoms with Gasteiger partial charge in [-0.3, -0.25) is 4.79 Å². The molecule has 6 nitrogen and oxygen atoms in total. The lowest BCUT2D eigenvalue weighted by Gasteiger charge is -2.40. The summed E-state index contributed by atoms with van der Waals surface area (Å²) in [5.74, 6) is 0.138. The highest BCUT2D eigenvalue weighted by Gasteiger charge is 2.45. The van der Waals surface area contributed by atoms with Crippen molar-refractivity contribution in [1.29, 1.82) is 0 Å². The molecule has 0 aliphatic carbocycles. The van der Waals surface area contributed by atoms with Gasteiger partial charge in [-0.05, 0) is 50.1 Å². The maximum absolute atomic E-state index is 13.2. The molecular formula is C20H19ClF3N5O. The van der Waals surface area contributed by atoms with Crippen LogP contribution in [0.25, 0.3) is 0 Å². The zero-order valence-electron chi connectivity index (χ0n) is 16.3. The number of carbonyl (C=O) groups is 1. The topological polar surface area (TPSA) is 61.2 Å². The van der Waals surface area contributed by atoms with Crippen molar-refractivity contribution in [2.45, 2.75) is 44.6 Å². The molecule has 1 amide bonds. The Bertz CT molecular complexity index is 1010. The lowest BCUT2D eigenvalue weighted by Crippen LogP contribution is -2.56. The molecule has 3 unspecified atom stereocenters. The van der Waals surface area contributed by atoms with Crippen molar-refractivity contribution in [3.05, 3.63) is 58.2 Å². The van der Waals surface area contributed by atoms with E-state index in [0.29, 0.717) is 18.8 Å². The van der Waals surface area contributed by atoms with E-state index in [9.17, 15) is 18.0 Å². The standard InChI is InChI=1S/C20H19ClF3N5O/c1-11-6-8-25-16(10-11)29-15-7-9-28(12(2)18(15)26-27-29)19(30)13-4-3-5-14(17(13)21)20(22,23)24/h3-6,8,10,12,15,18H,7,9H2,1-2H3. The van der Waals surface area contributed by atoms with E-state index in [1.807, 2.05) is 26.0 Å². The van der Waals surface area contributed by atoms with Crippen LogP contribution in [0.15, 0.2) is 46.9 Å². The summed E-state index contributed by atoms with van der Waals surface area (Å²) in [5, 5.41) is 9.77. The van der Waals surface area contributed by atoms with E-state index < -0.39 is 22.7 Å². The van der Waals surface area contributed by atoms with E-state index in [0.717, 1.165) is 11.6 Å². The summed E-state index contributed by atoms with van der Waals surface area (Å²) >= 11 is 5.96. The van der Waals surface area contributed by atoms with Gasteiger partial charge in [-0.15, -0.1) is 0 Å². The first-order chi connectivity index (χ1) is 14.2. The molecule has 0 radical (unpaired) electrons. The van der Waals surface area contributed by atoms with Crippen LogP contribution in [0.5, 0.6) is 0 Å². The number of piperidine rings is 1. The minimum absolute atomic E-state index is 0.0738. The highest BCUT2D eigenvalue weighted by Crippen LogP contribution is 2.38. The third-order valence-electron chi connectivity index (χ3n) is 5.57. The van der Waals surface area contributed by atoms with Gasteiger partial charge in [-0.1, -0.05) is 22.9 Å². The van der Waals surface area contributed by atoms with Gasteiger partial charge in [0.2, 0.25) is 0 Å². The van der Waals surface area contributed by atoms with E-state index in [1.165, 1.54) is 17.0 Å². The van der Waals surface area contributed by atoms with Crippen molar-refractivity contribution in [2.75, 3.05) is 11.6 Å². The third kappa shape index (κ3) is 3.51. The Kier molecular flexibility index (Phi) is 5.17. The van der Waals surface area contributed by atoms with Crippen molar-refractivity contribution >= 4 is 23.3 Å². The van der Waals surface area contributed by atoms with E-state index in [2.05, 4.69) is 15.3 Å². The maximum Gasteiger partial charge on any atom is 0.417 e. The Morgan fingerprint density at radius 3 is 2.73 bits per heavy atom. The van der Waals surface area contributed by atoms with E-state index in [1.54, 1.807) is 11.2 Å². The Morgan fingerprint density at radius 1 is 1.27 bits per heavy atom. The third-order valence-corrected chi connectivity index (χ3v) is 5.98. The summed E-state index contributed by atoms with van der Waals surface area (Å²) < 4.78 is 39.5. The van der Waals surface area contributed by atoms with Gasteiger partial charge in [0.25, 0.3) is 5.91 Å². The molecule has 10 heteroatoms. The number of hydrogen-bond donors (Lipinski definition) is 0. The van der Waals surface area contributed by atoms with Gasteiger partial charge < -0.3 is 4.90 Å². The highest BCUT2D eigenvalue weighted by molar-refractivity contribution is 6.34. The Balaban J connectivity index is 1.57. The molecule has 4 rings (SSSR count). The molecular weight excluding hydrogens is 419 g/mol. The predicted octanol–water partition coefficient (Wildman–Crippen LogP) is 4.92. The zero-order valence-corrected chi connectivity index (χ0v) is 17.0. The molecule has 2 aliphatic rings. The number of halogens is 4. The van der Waals surface area contributed by atoms with Crippen molar-refractivity contribution in [3.63, 3.8) is 0 Å². The SMILES string of the molecule is Cc1ccnc(N2N=NC3C(C)N(C(=O)c4cccc(C(F)(F)F)c4Cl)CCC32)c1. The summed E-state index contributed by atoms with van der Waals surface area (Å²) in [5.41, 5.74) is -0.141. The monoisotopic (exact) mass is 437 g/mol. The second-order valence-corrected chi connectivity index (χ2v) is 7.87. The largest absolute Gasteiger partial charge is 0.417 e. The molecule has 3 heterocycles. The van der Waals surface area contributed by atoms with Gasteiger partial charge in [-0.25, -0.2) is 9.99 Å². The van der Waals surface area contributed by atoms with Crippen LogP contribution in [0, 0.1) is 6.92 Å². The summed E-state index contributed by atoms with van der Waals surface area (Å²) in [7, 11) is 0. The smallest absolute Gasteiger partial charge is 0.334 e. The number of alkyl halides is 3. The van der Waals surface area contributed by atoms with Crippen LogP contribution in [0.2, 0.25) is 5.02 Å². The van der Waals surface area contributed by atoms with Crippen LogP contribution >= 0.6 is 11.6 Å². The first-order valence-electron chi connectivity index (χ1n) is 9.48. The number of anilines is 1. The number of likely N-dealkylation sites (tertiary alicyclic amines) is 1. The van der Waals surface area contributed by atoms with Crippen molar-refractivity contribution in [2.24, 2.45) is 10.3 Å². The Labute approximate surface area is 176 Å². The average Bonchev–Trinajstić information content (AvgIpc) is 3.12. The number of benzene rings is 1. The van der Waals surface area contributed by atoms with Crippen LogP contribution in [0.1, 0.15) is 34.8 Å². The van der Waals surface area contributed by atoms with Crippen molar-refractivity contribution in [3.8, 4) is 0 Å². The minimum Gasteiger partial charge on any atom is -0.334 e. The molecule has 0 N–H and O–H groups in total. The lowest BCUT2D eigenvalue weighted by molar-refractivity contribution is -0.137. The van der Waals surface area contributed by atoms with Crippen LogP contribution in [-0.4, -0.2) is 40.5 Å². The molecule has 1 saturated heterocycles. The fourth-order valence-electron chi connectivity index (χ4n) is 3.99. The van der Waals surface area contributed by atoms with E-state index in [-0.39, 0.29) is 23.7 Å². The van der Waals surface area contributed by atoms with Crippen molar-refractivity contribution < 1.29 is 18.0 Å². The van der Waals surface area contributed by atoms with Gasteiger partial charge in [0.15, 0.2) is 5.82 Å². The fourth-order valence-corrected chi connectivity index (χ4v) is 4.31. The molecule has 2 aliphatic heterocycles. The summed E-state index contributed by atoms with van der Waals surface area (Å²) in [6, 6.07) is 6.43. The number of hydrogen-bond acceptors (Lipinski definition) is 5. The van der Waals surface area contributed by atoms with Crippen molar-refractivity contribution in [1.82, 2.24) is 9.88 Å². The van der Waals surface area contributed by atoms with Gasteiger partial charge in [0.05, 0.1) is 28.2 Å². The molecule has 0 bridgehead atoms. The Hall–Kier alpha value is -2.68. The van der Waals surface area contributed by atoms with Gasteiger partial charge >= 0.3 is 6.18 Å². The molecule has 2 aromatic rings. The summed E-state index contributed by atoms with van der Waals surface area (Å²) in [6.07, 6.45) is -2.38. The van der Waals surface area contributed by atoms with E-state index >= 15 is 0 Å². The number of nitrogens with zero attached hydrogens (tertiary/aromatic N) is 5. The van der Waals surface area contributed by atoms with Crippen LogP contribution in [0.3, 0.4) is 0 Å². The minimum atomic E-state index is -4.63. The highest BCUT2D eigenvalue weighted by atomic mass is 35.5. The number of aryl methyl sites for hydroxylation is 1. The quantitative estimate of drug-likeness (QED) is 0.669. The number of aromatic nitrogens is 1. The zero-order chi connectivity index (χ0) is 21.6. The second-order valence-electron chi connectivity index (χ2n) is 7.49. The summed E-state index contributed by atoms with van der Waals surface area (Å²) in [6.45, 7) is 4.13. The van der Waals surface area contributed by atoms with Gasteiger partial charge in [0, 0.05) is 12.7 Å². The molecule has 1 fully saturated rings. The van der Waals surface area contributed by atoms with Gasteiger partial charge in [0.1, 0.15) is 6.04 Å². The molecule has 1 aromatic carbocycles. The number of fused-ring (bicyclic) bond motifs is 1. The maximum atomic E-state index is 13.2. The van der Waals surface area contributed by atoms with Crippen LogP contribution < -0.4 is 5.01 Å². The first-order valence-corrected chi connectivity index (χ1v) is 9.85. The molecule has 30 heavy (non-hydrogen) atoms. The number of amides is 1. The normalized spacial score (nSPS) is 23.6. The molecule has 3 atom stereocenters. The second kappa shape index (κ2) is 7.54. The first kappa shape index (κ1) is 20.6. The molecule has 0 spiro atoms. The van der Waals surface area contributed by atoms with E-state index in [4.69, 9.17) is 11.6 Å². The molecule has 1 aromatic heterocycles. The lowest BCUT2D eigenvalue weighted by atomic mass is 9.92. The molecule has 0 saturated carbocycles. The average molecular weight is 438 g/mol. The number of pyridine rings is 1. The summed E-state index contributed by atoms with van der Waals surface area (Å²) in [4.78, 5) is 18.9. The fraction of sp³-hybridized carbons (Fsp3) is 0.400. The molecule has 158 valence electrons. The Morgan fingerprint density at radius 2 is 2.03 bits per heavy atom. The number of carbonyl (C=O) groups excluding carboxylic acids is 1. The van der Waals surface area contributed by atoms with Gasteiger partial charge in [-0.2, -0.15) is 18.3 Å².